The number of hydrogen-bond acceptors (Lipinski definition) is 5. The lowest BCUT2D eigenvalue weighted by molar-refractivity contribution is -0.123. The molecule has 2 aromatic carbocycles. The van der Waals surface area contributed by atoms with E-state index in [4.69, 9.17) is 9.47 Å². The Labute approximate surface area is 182 Å². The van der Waals surface area contributed by atoms with Crippen molar-refractivity contribution in [2.75, 3.05) is 19.8 Å². The molecule has 0 spiro atoms. The lowest BCUT2D eigenvalue weighted by Crippen LogP contribution is -2.32. The minimum absolute atomic E-state index is 0.222. The summed E-state index contributed by atoms with van der Waals surface area (Å²) in [7, 11) is 0. The summed E-state index contributed by atoms with van der Waals surface area (Å²) in [4.78, 5) is 26.6. The zero-order valence-corrected chi connectivity index (χ0v) is 18.5. The fourth-order valence-electron chi connectivity index (χ4n) is 2.95. The van der Waals surface area contributed by atoms with Gasteiger partial charge in [-0.2, -0.15) is 0 Å². The highest BCUT2D eigenvalue weighted by atomic mass is 32.2. The number of carbonyl (C=O) groups excluding carboxylic acids is 2. The number of imide groups is 1. The molecule has 158 valence electrons. The van der Waals surface area contributed by atoms with Crippen molar-refractivity contribution in [2.24, 2.45) is 0 Å². The predicted octanol–water partition coefficient (Wildman–Crippen LogP) is 5.60. The predicted molar refractivity (Wildman–Crippen MR) is 121 cm³/mol. The van der Waals surface area contributed by atoms with Gasteiger partial charge in [-0.25, -0.2) is 0 Å². The Hall–Kier alpha value is -2.73. The average molecular weight is 426 g/mol. The fraction of sp³-hybridized carbons (Fsp3) is 0.333. The Bertz CT molecular complexity index is 937. The zero-order chi connectivity index (χ0) is 21.5. The number of hydrogen-bond donors (Lipinski definition) is 0. The smallest absolute Gasteiger partial charge is 0.293 e. The van der Waals surface area contributed by atoms with E-state index >= 15 is 0 Å². The van der Waals surface area contributed by atoms with E-state index in [-0.39, 0.29) is 24.3 Å². The molecular formula is C24H27NO4S. The van der Waals surface area contributed by atoms with E-state index in [0.717, 1.165) is 52.8 Å². The molecule has 1 aliphatic heterocycles. The van der Waals surface area contributed by atoms with Crippen LogP contribution in [0.2, 0.25) is 0 Å². The third-order valence-corrected chi connectivity index (χ3v) is 5.64. The normalized spacial score (nSPS) is 15.2. The number of benzene rings is 2. The highest BCUT2D eigenvalue weighted by molar-refractivity contribution is 8.18. The van der Waals surface area contributed by atoms with Crippen LogP contribution in [0.4, 0.5) is 4.79 Å². The van der Waals surface area contributed by atoms with Gasteiger partial charge in [0.25, 0.3) is 11.1 Å². The Morgan fingerprint density at radius 3 is 2.50 bits per heavy atom. The maximum absolute atomic E-state index is 12.7. The number of rotatable bonds is 9. The van der Waals surface area contributed by atoms with Gasteiger partial charge in [0.05, 0.1) is 18.1 Å². The van der Waals surface area contributed by atoms with E-state index in [9.17, 15) is 9.59 Å². The van der Waals surface area contributed by atoms with Crippen LogP contribution in [-0.2, 0) is 4.79 Å². The van der Waals surface area contributed by atoms with Crippen LogP contribution in [0.3, 0.4) is 0 Å². The molecule has 1 aliphatic rings. The zero-order valence-electron chi connectivity index (χ0n) is 17.6. The Morgan fingerprint density at radius 2 is 1.77 bits per heavy atom. The molecule has 0 N–H and O–H groups in total. The van der Waals surface area contributed by atoms with Crippen LogP contribution >= 0.6 is 11.8 Å². The van der Waals surface area contributed by atoms with Crippen LogP contribution in [0.1, 0.15) is 36.5 Å². The van der Waals surface area contributed by atoms with E-state index in [1.165, 1.54) is 4.90 Å². The Morgan fingerprint density at radius 1 is 1.00 bits per heavy atom. The van der Waals surface area contributed by atoms with Gasteiger partial charge < -0.3 is 9.47 Å². The van der Waals surface area contributed by atoms with Crippen LogP contribution < -0.4 is 9.47 Å². The number of amides is 2. The van der Waals surface area contributed by atoms with E-state index in [0.29, 0.717) is 11.5 Å². The minimum atomic E-state index is -0.280. The first-order valence-corrected chi connectivity index (χ1v) is 11.0. The van der Waals surface area contributed by atoms with Gasteiger partial charge in [0, 0.05) is 0 Å². The summed E-state index contributed by atoms with van der Waals surface area (Å²) in [6.45, 7) is 7.27. The molecule has 30 heavy (non-hydrogen) atoms. The van der Waals surface area contributed by atoms with Gasteiger partial charge in [0.1, 0.15) is 18.1 Å². The van der Waals surface area contributed by atoms with Crippen LogP contribution in [0.5, 0.6) is 11.5 Å². The third-order valence-electron chi connectivity index (χ3n) is 4.73. The first-order valence-electron chi connectivity index (χ1n) is 10.2. The number of aryl methyl sites for hydroxylation is 2. The number of unbranched alkanes of at least 4 members (excludes halogenated alkanes) is 1. The summed E-state index contributed by atoms with van der Waals surface area (Å²) < 4.78 is 11.4. The van der Waals surface area contributed by atoms with E-state index in [1.54, 1.807) is 6.08 Å². The molecule has 0 bridgehead atoms. The summed E-state index contributed by atoms with van der Waals surface area (Å²) in [6.07, 6.45) is 3.85. The molecule has 0 unspecified atom stereocenters. The molecule has 5 nitrogen and oxygen atoms in total. The summed E-state index contributed by atoms with van der Waals surface area (Å²) in [5, 5.41) is -0.268. The van der Waals surface area contributed by atoms with Crippen molar-refractivity contribution in [3.63, 3.8) is 0 Å². The molecule has 0 saturated carbocycles. The van der Waals surface area contributed by atoms with Crippen LogP contribution in [0.25, 0.3) is 6.08 Å². The van der Waals surface area contributed by atoms with Gasteiger partial charge in [-0.1, -0.05) is 37.6 Å². The quantitative estimate of drug-likeness (QED) is 0.387. The first kappa shape index (κ1) is 22.0. The largest absolute Gasteiger partial charge is 0.494 e. The molecular weight excluding hydrogens is 398 g/mol. The summed E-state index contributed by atoms with van der Waals surface area (Å²) >= 11 is 0.961. The lowest BCUT2D eigenvalue weighted by Gasteiger charge is -2.14. The highest BCUT2D eigenvalue weighted by Gasteiger charge is 2.34. The van der Waals surface area contributed by atoms with E-state index in [1.807, 2.05) is 56.3 Å². The van der Waals surface area contributed by atoms with Crippen LogP contribution in [-0.4, -0.2) is 35.8 Å². The van der Waals surface area contributed by atoms with E-state index < -0.39 is 0 Å². The number of carbonyl (C=O) groups is 2. The summed E-state index contributed by atoms with van der Waals surface area (Å²) in [5.41, 5.74) is 2.98. The first-order chi connectivity index (χ1) is 14.5. The van der Waals surface area contributed by atoms with Gasteiger partial charge in [-0.05, 0) is 73.0 Å². The van der Waals surface area contributed by atoms with Crippen LogP contribution in [0.15, 0.2) is 47.4 Å². The maximum Gasteiger partial charge on any atom is 0.293 e. The Balaban J connectivity index is 1.58. The molecule has 3 rings (SSSR count). The van der Waals surface area contributed by atoms with Gasteiger partial charge >= 0.3 is 0 Å². The van der Waals surface area contributed by atoms with E-state index in [2.05, 4.69) is 6.92 Å². The summed E-state index contributed by atoms with van der Waals surface area (Å²) in [6, 6.07) is 13.5. The van der Waals surface area contributed by atoms with Crippen LogP contribution in [0, 0.1) is 13.8 Å². The molecule has 1 heterocycles. The number of nitrogens with zero attached hydrogens (tertiary/aromatic N) is 1. The van der Waals surface area contributed by atoms with Crippen molar-refractivity contribution < 1.29 is 19.1 Å². The standard InChI is InChI=1S/C24H27NO4S/c1-4-5-13-28-20-10-8-19(9-11-20)16-22-23(26)25(24(27)30-22)12-14-29-21-15-17(2)6-7-18(21)3/h6-11,15-16H,4-5,12-14H2,1-3H3/b22-16-. The topological polar surface area (TPSA) is 55.8 Å². The van der Waals surface area contributed by atoms with Crippen molar-refractivity contribution >= 4 is 29.0 Å². The van der Waals surface area contributed by atoms with Gasteiger partial charge in [-0.15, -0.1) is 0 Å². The second-order valence-corrected chi connectivity index (χ2v) is 8.22. The lowest BCUT2D eigenvalue weighted by atomic mass is 10.1. The van der Waals surface area contributed by atoms with Crippen molar-refractivity contribution in [3.8, 4) is 11.5 Å². The Kier molecular flexibility index (Phi) is 7.57. The maximum atomic E-state index is 12.7. The molecule has 2 amide bonds. The molecule has 0 aliphatic carbocycles. The highest BCUT2D eigenvalue weighted by Crippen LogP contribution is 2.32. The average Bonchev–Trinajstić information content (AvgIpc) is 2.99. The monoisotopic (exact) mass is 425 g/mol. The molecule has 2 aromatic rings. The number of thioether (sulfide) groups is 1. The van der Waals surface area contributed by atoms with Gasteiger partial charge in [0.2, 0.25) is 0 Å². The molecule has 1 saturated heterocycles. The third kappa shape index (κ3) is 5.66. The SMILES string of the molecule is CCCCOc1ccc(/C=C2\SC(=O)N(CCOc3cc(C)ccc3C)C2=O)cc1. The second-order valence-electron chi connectivity index (χ2n) is 7.22. The fourth-order valence-corrected chi connectivity index (χ4v) is 3.81. The molecule has 0 atom stereocenters. The molecule has 1 fully saturated rings. The van der Waals surface area contributed by atoms with Crippen molar-refractivity contribution in [2.45, 2.75) is 33.6 Å². The van der Waals surface area contributed by atoms with Crippen molar-refractivity contribution in [1.29, 1.82) is 0 Å². The number of ether oxygens (including phenoxy) is 2. The van der Waals surface area contributed by atoms with Crippen molar-refractivity contribution in [1.82, 2.24) is 4.90 Å². The molecule has 0 radical (unpaired) electrons. The van der Waals surface area contributed by atoms with Gasteiger partial charge in [-0.3, -0.25) is 14.5 Å². The second kappa shape index (κ2) is 10.3. The minimum Gasteiger partial charge on any atom is -0.494 e. The summed E-state index contributed by atoms with van der Waals surface area (Å²) in [5.74, 6) is 1.30. The molecule has 6 heteroatoms. The van der Waals surface area contributed by atoms with Crippen molar-refractivity contribution in [3.05, 3.63) is 64.1 Å². The molecule has 0 aromatic heterocycles. The van der Waals surface area contributed by atoms with Gasteiger partial charge in [0.15, 0.2) is 0 Å².